The Morgan fingerprint density at radius 1 is 1.33 bits per heavy atom. The lowest BCUT2D eigenvalue weighted by Gasteiger charge is -2.18. The van der Waals surface area contributed by atoms with Crippen molar-refractivity contribution in [2.45, 2.75) is 19.3 Å². The lowest BCUT2D eigenvalue weighted by molar-refractivity contribution is 0.0790. The number of aryl methyl sites for hydroxylation is 1. The normalized spacial score (nSPS) is 18.0. The maximum absolute atomic E-state index is 12.6. The van der Waals surface area contributed by atoms with E-state index in [0.29, 0.717) is 16.6 Å². The van der Waals surface area contributed by atoms with Gasteiger partial charge in [-0.2, -0.15) is 0 Å². The molecule has 0 N–H and O–H groups in total. The first kappa shape index (κ1) is 14.1. The average Bonchev–Trinajstić information content (AvgIpc) is 3.00. The van der Waals surface area contributed by atoms with E-state index in [1.807, 2.05) is 30.0 Å². The zero-order chi connectivity index (χ0) is 14.8. The number of rotatable bonds is 2. The van der Waals surface area contributed by atoms with Gasteiger partial charge in [-0.05, 0) is 30.5 Å². The Morgan fingerprint density at radius 2 is 2.10 bits per heavy atom. The van der Waals surface area contributed by atoms with Crippen molar-refractivity contribution in [2.75, 3.05) is 13.1 Å². The van der Waals surface area contributed by atoms with Crippen LogP contribution in [0.1, 0.15) is 33.8 Å². The smallest absolute Gasteiger partial charge is 0.254 e. The van der Waals surface area contributed by atoms with Crippen molar-refractivity contribution in [2.24, 2.45) is 0 Å². The Labute approximate surface area is 129 Å². The zero-order valence-corrected chi connectivity index (χ0v) is 12.7. The minimum Gasteiger partial charge on any atom is -0.338 e. The summed E-state index contributed by atoms with van der Waals surface area (Å²) in [6, 6.07) is 12.0. The van der Waals surface area contributed by atoms with Gasteiger partial charge in [0.2, 0.25) is 0 Å². The van der Waals surface area contributed by atoms with Crippen LogP contribution < -0.4 is 0 Å². The first-order chi connectivity index (χ1) is 10.1. The zero-order valence-electron chi connectivity index (χ0n) is 11.9. The minimum atomic E-state index is 0.0511. The monoisotopic (exact) mass is 300 g/mol. The largest absolute Gasteiger partial charge is 0.338 e. The summed E-state index contributed by atoms with van der Waals surface area (Å²) in [4.78, 5) is 18.6. The molecule has 3 rings (SSSR count). The number of carbonyl (C=O) groups excluding carboxylic acids is 1. The molecule has 0 radical (unpaired) electrons. The topological polar surface area (TPSA) is 33.2 Å². The highest BCUT2D eigenvalue weighted by Gasteiger charge is 2.28. The van der Waals surface area contributed by atoms with Gasteiger partial charge in [0, 0.05) is 30.8 Å². The molecule has 1 aromatic heterocycles. The lowest BCUT2D eigenvalue weighted by atomic mass is 9.99. The number of amides is 1. The van der Waals surface area contributed by atoms with Gasteiger partial charge in [0.25, 0.3) is 5.91 Å². The van der Waals surface area contributed by atoms with E-state index >= 15 is 0 Å². The molecule has 1 unspecified atom stereocenters. The Kier molecular flexibility index (Phi) is 3.93. The summed E-state index contributed by atoms with van der Waals surface area (Å²) < 4.78 is 0. The molecule has 1 saturated heterocycles. The van der Waals surface area contributed by atoms with E-state index in [4.69, 9.17) is 11.6 Å². The number of halogens is 1. The molecular weight excluding hydrogens is 284 g/mol. The summed E-state index contributed by atoms with van der Waals surface area (Å²) in [6.45, 7) is 3.45. The molecule has 0 bridgehead atoms. The molecule has 1 fully saturated rings. The number of aromatic nitrogens is 1. The van der Waals surface area contributed by atoms with Gasteiger partial charge >= 0.3 is 0 Å². The van der Waals surface area contributed by atoms with Gasteiger partial charge in [-0.3, -0.25) is 4.79 Å². The van der Waals surface area contributed by atoms with Crippen molar-refractivity contribution in [1.29, 1.82) is 0 Å². The highest BCUT2D eigenvalue weighted by atomic mass is 35.5. The predicted molar refractivity (Wildman–Crippen MR) is 83.7 cm³/mol. The standard InChI is InChI=1S/C17H17ClN2O/c1-12-10-19-16(18)9-15(12)17(21)20-8-7-14(11-20)13-5-3-2-4-6-13/h2-6,9-10,14H,7-8,11H2,1H3. The van der Waals surface area contributed by atoms with Crippen molar-refractivity contribution in [3.63, 3.8) is 0 Å². The van der Waals surface area contributed by atoms with Gasteiger partial charge in [0.1, 0.15) is 5.15 Å². The van der Waals surface area contributed by atoms with Crippen LogP contribution in [0.3, 0.4) is 0 Å². The maximum atomic E-state index is 12.6. The minimum absolute atomic E-state index is 0.0511. The van der Waals surface area contributed by atoms with Crippen molar-refractivity contribution in [1.82, 2.24) is 9.88 Å². The molecule has 1 aliphatic rings. The third-order valence-electron chi connectivity index (χ3n) is 4.05. The van der Waals surface area contributed by atoms with Crippen LogP contribution in [0.15, 0.2) is 42.6 Å². The second kappa shape index (κ2) is 5.86. The predicted octanol–water partition coefficient (Wildman–Crippen LogP) is 3.67. The molecule has 0 saturated carbocycles. The molecule has 0 aliphatic carbocycles. The lowest BCUT2D eigenvalue weighted by Crippen LogP contribution is -2.29. The quantitative estimate of drug-likeness (QED) is 0.793. The van der Waals surface area contributed by atoms with Gasteiger partial charge in [-0.15, -0.1) is 0 Å². The summed E-state index contributed by atoms with van der Waals surface area (Å²) in [7, 11) is 0. The Morgan fingerprint density at radius 3 is 2.86 bits per heavy atom. The Bertz CT molecular complexity index is 657. The third-order valence-corrected chi connectivity index (χ3v) is 4.25. The molecule has 1 aromatic carbocycles. The molecule has 1 atom stereocenters. The molecule has 1 aliphatic heterocycles. The SMILES string of the molecule is Cc1cnc(Cl)cc1C(=O)N1CCC(c2ccccc2)C1. The summed E-state index contributed by atoms with van der Waals surface area (Å²) in [6.07, 6.45) is 2.66. The molecule has 3 nitrogen and oxygen atoms in total. The van der Waals surface area contributed by atoms with Crippen molar-refractivity contribution >= 4 is 17.5 Å². The summed E-state index contributed by atoms with van der Waals surface area (Å²) in [5.74, 6) is 0.475. The van der Waals surface area contributed by atoms with E-state index in [9.17, 15) is 4.79 Å². The summed E-state index contributed by atoms with van der Waals surface area (Å²) >= 11 is 5.91. The van der Waals surface area contributed by atoms with Gasteiger partial charge in [0.15, 0.2) is 0 Å². The van der Waals surface area contributed by atoms with Crippen LogP contribution in [-0.2, 0) is 0 Å². The molecule has 2 heterocycles. The van der Waals surface area contributed by atoms with Gasteiger partial charge in [-0.1, -0.05) is 41.9 Å². The average molecular weight is 301 g/mol. The van der Waals surface area contributed by atoms with Gasteiger partial charge in [-0.25, -0.2) is 4.98 Å². The number of carbonyl (C=O) groups is 1. The molecule has 108 valence electrons. The van der Waals surface area contributed by atoms with Crippen LogP contribution >= 0.6 is 11.6 Å². The summed E-state index contributed by atoms with van der Waals surface area (Å²) in [5.41, 5.74) is 2.83. The first-order valence-electron chi connectivity index (χ1n) is 7.11. The maximum Gasteiger partial charge on any atom is 0.254 e. The fraction of sp³-hybridized carbons (Fsp3) is 0.294. The van der Waals surface area contributed by atoms with E-state index in [1.54, 1.807) is 12.3 Å². The molecular formula is C17H17ClN2O. The molecule has 4 heteroatoms. The van der Waals surface area contributed by atoms with Crippen molar-refractivity contribution in [3.05, 3.63) is 64.4 Å². The fourth-order valence-corrected chi connectivity index (χ4v) is 3.00. The van der Waals surface area contributed by atoms with Crippen LogP contribution in [0.4, 0.5) is 0 Å². The number of benzene rings is 1. The van der Waals surface area contributed by atoms with Crippen molar-refractivity contribution in [3.8, 4) is 0 Å². The van der Waals surface area contributed by atoms with Crippen molar-refractivity contribution < 1.29 is 4.79 Å². The molecule has 2 aromatic rings. The van der Waals surface area contributed by atoms with E-state index in [0.717, 1.165) is 25.1 Å². The van der Waals surface area contributed by atoms with Crippen LogP contribution in [-0.4, -0.2) is 28.9 Å². The molecule has 21 heavy (non-hydrogen) atoms. The molecule has 1 amide bonds. The van der Waals surface area contributed by atoms with E-state index in [-0.39, 0.29) is 5.91 Å². The van der Waals surface area contributed by atoms with Gasteiger partial charge in [0.05, 0.1) is 0 Å². The van der Waals surface area contributed by atoms with Crippen LogP contribution in [0.25, 0.3) is 0 Å². The number of likely N-dealkylation sites (tertiary alicyclic amines) is 1. The number of pyridine rings is 1. The van der Waals surface area contributed by atoms with Gasteiger partial charge < -0.3 is 4.90 Å². The summed E-state index contributed by atoms with van der Waals surface area (Å²) in [5, 5.41) is 0.364. The van der Waals surface area contributed by atoms with E-state index in [1.165, 1.54) is 5.56 Å². The van der Waals surface area contributed by atoms with E-state index < -0.39 is 0 Å². The first-order valence-corrected chi connectivity index (χ1v) is 7.49. The Hall–Kier alpha value is -1.87. The van der Waals surface area contributed by atoms with Crippen LogP contribution in [0, 0.1) is 6.92 Å². The molecule has 0 spiro atoms. The third kappa shape index (κ3) is 2.93. The number of hydrogen-bond donors (Lipinski definition) is 0. The fourth-order valence-electron chi connectivity index (χ4n) is 2.84. The number of hydrogen-bond acceptors (Lipinski definition) is 2. The van der Waals surface area contributed by atoms with Crippen LogP contribution in [0.2, 0.25) is 5.15 Å². The Balaban J connectivity index is 1.77. The van der Waals surface area contributed by atoms with E-state index in [2.05, 4.69) is 17.1 Å². The highest BCUT2D eigenvalue weighted by molar-refractivity contribution is 6.29. The second-order valence-electron chi connectivity index (χ2n) is 5.47. The van der Waals surface area contributed by atoms with Crippen LogP contribution in [0.5, 0.6) is 0 Å². The number of nitrogens with zero attached hydrogens (tertiary/aromatic N) is 2. The second-order valence-corrected chi connectivity index (χ2v) is 5.86. The highest BCUT2D eigenvalue weighted by Crippen LogP contribution is 2.28.